The number of carbonyl (C=O) groups excluding carboxylic acids is 2. The number of anilines is 1. The van der Waals surface area contributed by atoms with E-state index in [1.165, 1.54) is 11.8 Å². The van der Waals surface area contributed by atoms with E-state index in [2.05, 4.69) is 27.3 Å². The summed E-state index contributed by atoms with van der Waals surface area (Å²) in [6, 6.07) is 22.7. The highest BCUT2D eigenvalue weighted by Crippen LogP contribution is 2.30. The zero-order valence-corrected chi connectivity index (χ0v) is 27.3. The average Bonchev–Trinajstić information content (AvgIpc) is 3.41. The molecular formula is C37H36F3N5O4. The lowest BCUT2D eigenvalue weighted by Crippen LogP contribution is -2.48. The number of ether oxygens (including phenoxy) is 2. The molecule has 0 spiro atoms. The molecular weight excluding hydrogens is 635 g/mol. The van der Waals surface area contributed by atoms with Crippen molar-refractivity contribution >= 4 is 28.4 Å². The minimum absolute atomic E-state index is 0.0217. The maximum absolute atomic E-state index is 13.6. The van der Waals surface area contributed by atoms with E-state index in [0.29, 0.717) is 30.2 Å². The normalized spacial score (nSPS) is 13.9. The van der Waals surface area contributed by atoms with E-state index in [1.807, 2.05) is 60.7 Å². The van der Waals surface area contributed by atoms with Gasteiger partial charge in [-0.05, 0) is 80.1 Å². The number of benzene rings is 3. The van der Waals surface area contributed by atoms with Crippen molar-refractivity contribution in [2.75, 3.05) is 31.5 Å². The van der Waals surface area contributed by atoms with E-state index < -0.39 is 17.6 Å². The first kappa shape index (κ1) is 33.5. The largest absolute Gasteiger partial charge is 0.491 e. The summed E-state index contributed by atoms with van der Waals surface area (Å²) in [4.78, 5) is 34.5. The number of hydrogen-bond acceptors (Lipinski definition) is 6. The molecule has 9 nitrogen and oxygen atoms in total. The van der Waals surface area contributed by atoms with E-state index in [1.54, 1.807) is 18.2 Å². The molecule has 2 aromatic heterocycles. The van der Waals surface area contributed by atoms with Gasteiger partial charge in [0, 0.05) is 62.9 Å². The highest BCUT2D eigenvalue weighted by Gasteiger charge is 2.30. The van der Waals surface area contributed by atoms with Gasteiger partial charge in [0.1, 0.15) is 17.2 Å². The Kier molecular flexibility index (Phi) is 9.59. The number of piperazine rings is 1. The van der Waals surface area contributed by atoms with E-state index in [-0.39, 0.29) is 23.5 Å². The number of nitrogens with zero attached hydrogens (tertiary/aromatic N) is 4. The van der Waals surface area contributed by atoms with Crippen molar-refractivity contribution in [2.45, 2.75) is 32.7 Å². The highest BCUT2D eigenvalue weighted by atomic mass is 19.4. The highest BCUT2D eigenvalue weighted by molar-refractivity contribution is 6.04. The van der Waals surface area contributed by atoms with Crippen LogP contribution < -0.4 is 14.8 Å². The first-order valence-electron chi connectivity index (χ1n) is 15.9. The second-order valence-electron chi connectivity index (χ2n) is 12.2. The van der Waals surface area contributed by atoms with Crippen LogP contribution in [0.5, 0.6) is 17.4 Å². The summed E-state index contributed by atoms with van der Waals surface area (Å²) in [5, 5.41) is 3.51. The Morgan fingerprint density at radius 1 is 0.878 bits per heavy atom. The van der Waals surface area contributed by atoms with E-state index in [0.717, 1.165) is 60.6 Å². The number of aryl methyl sites for hydroxylation is 1. The van der Waals surface area contributed by atoms with Gasteiger partial charge in [0.25, 0.3) is 11.8 Å². The third kappa shape index (κ3) is 8.03. The fraction of sp³-hybridized carbons (Fsp3) is 0.270. The topological polar surface area (TPSA) is 88.9 Å². The number of halogens is 3. The lowest BCUT2D eigenvalue weighted by Gasteiger charge is -2.34. The maximum Gasteiger partial charge on any atom is 0.416 e. The van der Waals surface area contributed by atoms with Crippen molar-refractivity contribution < 1.29 is 32.2 Å². The van der Waals surface area contributed by atoms with E-state index in [4.69, 9.17) is 9.47 Å². The number of carbonyl (C=O) groups is 2. The van der Waals surface area contributed by atoms with Gasteiger partial charge in [-0.15, -0.1) is 0 Å². The van der Waals surface area contributed by atoms with Crippen LogP contribution in [-0.2, 0) is 19.8 Å². The Hall–Kier alpha value is -5.36. The average molecular weight is 672 g/mol. The minimum Gasteiger partial charge on any atom is -0.491 e. The van der Waals surface area contributed by atoms with Gasteiger partial charge in [-0.25, -0.2) is 4.98 Å². The van der Waals surface area contributed by atoms with Gasteiger partial charge in [0.15, 0.2) is 0 Å². The summed E-state index contributed by atoms with van der Waals surface area (Å²) < 4.78 is 52.0. The minimum atomic E-state index is -4.48. The van der Waals surface area contributed by atoms with Gasteiger partial charge in [0.05, 0.1) is 29.1 Å². The first-order chi connectivity index (χ1) is 23.4. The Morgan fingerprint density at radius 3 is 2.20 bits per heavy atom. The van der Waals surface area contributed by atoms with Gasteiger partial charge in [-0.2, -0.15) is 13.2 Å². The first-order valence-corrected chi connectivity index (χ1v) is 15.9. The summed E-state index contributed by atoms with van der Waals surface area (Å²) in [5.41, 5.74) is 2.22. The summed E-state index contributed by atoms with van der Waals surface area (Å²) in [6.07, 6.45) is -2.95. The molecule has 1 N–H and O–H groups in total. The van der Waals surface area contributed by atoms with Crippen LogP contribution in [0.15, 0.2) is 91.1 Å². The van der Waals surface area contributed by atoms with Crippen LogP contribution in [-0.4, -0.2) is 63.4 Å². The van der Waals surface area contributed by atoms with Crippen molar-refractivity contribution in [1.29, 1.82) is 0 Å². The van der Waals surface area contributed by atoms with Crippen LogP contribution in [0.25, 0.3) is 10.9 Å². The standard InChI is InChI=1S/C37H36F3N5O4/c1-24(2)48-30-12-4-25(5-13-30)23-44-16-18-45(19-17-44)36(47)33-20-27-8-14-31(21-32(27)43(33)3)49-34-15-11-29(22-41-34)42-35(46)26-6-9-28(10-7-26)37(38,39)40/h4-15,20-22,24H,16-19,23H2,1-3H3,(H,42,46). The Labute approximate surface area is 281 Å². The monoisotopic (exact) mass is 671 g/mol. The quantitative estimate of drug-likeness (QED) is 0.176. The number of rotatable bonds is 9. The van der Waals surface area contributed by atoms with Gasteiger partial charge >= 0.3 is 6.18 Å². The Balaban J connectivity index is 1.04. The van der Waals surface area contributed by atoms with Crippen LogP contribution in [0.2, 0.25) is 0 Å². The van der Waals surface area contributed by atoms with Gasteiger partial charge < -0.3 is 24.3 Å². The predicted molar refractivity (Wildman–Crippen MR) is 180 cm³/mol. The molecule has 0 unspecified atom stereocenters. The molecule has 3 heterocycles. The lowest BCUT2D eigenvalue weighted by atomic mass is 10.1. The fourth-order valence-corrected chi connectivity index (χ4v) is 5.70. The van der Waals surface area contributed by atoms with Crippen molar-refractivity contribution in [3.05, 3.63) is 114 Å². The SMILES string of the molecule is CC(C)Oc1ccc(CN2CCN(C(=O)c3cc4ccc(Oc5ccc(NC(=O)c6ccc(C(F)(F)F)cc6)cn5)cc4n3C)CC2)cc1. The molecule has 1 aliphatic rings. The van der Waals surface area contributed by atoms with Crippen molar-refractivity contribution in [1.82, 2.24) is 19.4 Å². The summed E-state index contributed by atoms with van der Waals surface area (Å²) in [5.74, 6) is 1.06. The number of pyridine rings is 1. The molecule has 1 saturated heterocycles. The fourth-order valence-electron chi connectivity index (χ4n) is 5.70. The summed E-state index contributed by atoms with van der Waals surface area (Å²) in [6.45, 7) is 7.66. The number of amides is 2. The molecule has 12 heteroatoms. The van der Waals surface area contributed by atoms with Gasteiger partial charge in [-0.1, -0.05) is 12.1 Å². The van der Waals surface area contributed by atoms with Crippen molar-refractivity contribution in [3.63, 3.8) is 0 Å². The predicted octanol–water partition coefficient (Wildman–Crippen LogP) is 7.38. The molecule has 5 aromatic rings. The molecule has 1 aliphatic heterocycles. The van der Waals surface area contributed by atoms with Crippen molar-refractivity contribution in [2.24, 2.45) is 7.05 Å². The number of nitrogens with one attached hydrogen (secondary N) is 1. The van der Waals surface area contributed by atoms with Gasteiger partial charge in [0.2, 0.25) is 5.88 Å². The third-order valence-electron chi connectivity index (χ3n) is 8.29. The number of fused-ring (bicyclic) bond motifs is 1. The van der Waals surface area contributed by atoms with Crippen LogP contribution in [0.3, 0.4) is 0 Å². The molecule has 1 fully saturated rings. The smallest absolute Gasteiger partial charge is 0.416 e. The number of aromatic nitrogens is 2. The van der Waals surface area contributed by atoms with Crippen LogP contribution in [0.1, 0.15) is 45.8 Å². The van der Waals surface area contributed by atoms with Gasteiger partial charge in [-0.3, -0.25) is 14.5 Å². The van der Waals surface area contributed by atoms with Crippen LogP contribution >= 0.6 is 0 Å². The molecule has 254 valence electrons. The summed E-state index contributed by atoms with van der Waals surface area (Å²) >= 11 is 0. The second-order valence-corrected chi connectivity index (χ2v) is 12.2. The second kappa shape index (κ2) is 14.0. The molecule has 0 radical (unpaired) electrons. The maximum atomic E-state index is 13.6. The zero-order valence-electron chi connectivity index (χ0n) is 27.3. The number of alkyl halides is 3. The van der Waals surface area contributed by atoms with E-state index >= 15 is 0 Å². The molecule has 0 saturated carbocycles. The molecule has 2 amide bonds. The Morgan fingerprint density at radius 2 is 1.57 bits per heavy atom. The number of hydrogen-bond donors (Lipinski definition) is 1. The lowest BCUT2D eigenvalue weighted by molar-refractivity contribution is -0.137. The zero-order chi connectivity index (χ0) is 34.7. The van der Waals surface area contributed by atoms with Crippen LogP contribution in [0, 0.1) is 0 Å². The molecule has 0 bridgehead atoms. The van der Waals surface area contributed by atoms with Crippen molar-refractivity contribution in [3.8, 4) is 17.4 Å². The van der Waals surface area contributed by atoms with Crippen LogP contribution in [0.4, 0.5) is 18.9 Å². The third-order valence-corrected chi connectivity index (χ3v) is 8.29. The molecule has 0 atom stereocenters. The van der Waals surface area contributed by atoms with E-state index in [9.17, 15) is 22.8 Å². The molecule has 6 rings (SSSR count). The molecule has 3 aromatic carbocycles. The summed E-state index contributed by atoms with van der Waals surface area (Å²) in [7, 11) is 1.86. The molecule has 0 aliphatic carbocycles. The Bertz CT molecular complexity index is 1930. The molecule has 49 heavy (non-hydrogen) atoms.